The fraction of sp³-hybridized carbons (Fsp3) is 0.0476. The van der Waals surface area contributed by atoms with Crippen LogP contribution < -0.4 is 15.4 Å². The molecule has 5 nitrogen and oxygen atoms in total. The minimum absolute atomic E-state index is 0.0611. The van der Waals surface area contributed by atoms with Crippen LogP contribution in [0.4, 0.5) is 20.2 Å². The number of carbonyl (C=O) groups is 2. The van der Waals surface area contributed by atoms with Gasteiger partial charge in [0.25, 0.3) is 11.8 Å². The number of hydrogen-bond acceptors (Lipinski definition) is 3. The van der Waals surface area contributed by atoms with Crippen LogP contribution in [-0.2, 0) is 4.79 Å². The van der Waals surface area contributed by atoms with Crippen molar-refractivity contribution in [1.29, 1.82) is 0 Å². The minimum Gasteiger partial charge on any atom is -0.483 e. The molecule has 0 saturated carbocycles. The number of ether oxygens (including phenoxy) is 1. The van der Waals surface area contributed by atoms with Crippen LogP contribution in [0.15, 0.2) is 71.2 Å². The molecule has 3 rings (SSSR count). The molecule has 0 bridgehead atoms. The quantitative estimate of drug-likeness (QED) is 0.543. The van der Waals surface area contributed by atoms with Crippen LogP contribution in [0.5, 0.6) is 5.75 Å². The molecule has 0 saturated heterocycles. The average Bonchev–Trinajstić information content (AvgIpc) is 2.70. The Morgan fingerprint density at radius 1 is 0.931 bits per heavy atom. The Labute approximate surface area is 173 Å². The third-order valence-corrected chi connectivity index (χ3v) is 4.42. The molecule has 0 aliphatic carbocycles. The van der Waals surface area contributed by atoms with E-state index in [1.54, 1.807) is 48.5 Å². The van der Waals surface area contributed by atoms with Crippen LogP contribution in [0.1, 0.15) is 10.4 Å². The lowest BCUT2D eigenvalue weighted by atomic mass is 10.2. The highest BCUT2D eigenvalue weighted by molar-refractivity contribution is 9.10. The van der Waals surface area contributed by atoms with Crippen molar-refractivity contribution >= 4 is 39.1 Å². The number of nitrogens with one attached hydrogen (secondary N) is 2. The molecule has 8 heteroatoms. The summed E-state index contributed by atoms with van der Waals surface area (Å²) in [5, 5.41) is 5.05. The van der Waals surface area contributed by atoms with Crippen molar-refractivity contribution in [2.24, 2.45) is 0 Å². The van der Waals surface area contributed by atoms with Gasteiger partial charge in [0.2, 0.25) is 0 Å². The van der Waals surface area contributed by atoms with E-state index in [0.717, 1.165) is 6.07 Å². The maximum atomic E-state index is 13.8. The molecule has 0 aliphatic heterocycles. The number of benzene rings is 3. The topological polar surface area (TPSA) is 67.4 Å². The Balaban J connectivity index is 1.67. The predicted molar refractivity (Wildman–Crippen MR) is 109 cm³/mol. The zero-order valence-electron chi connectivity index (χ0n) is 14.9. The summed E-state index contributed by atoms with van der Waals surface area (Å²) in [5.74, 6) is -2.58. The van der Waals surface area contributed by atoms with Gasteiger partial charge in [-0.15, -0.1) is 0 Å². The van der Waals surface area contributed by atoms with Crippen LogP contribution >= 0.6 is 15.9 Å². The normalized spacial score (nSPS) is 10.3. The molecule has 29 heavy (non-hydrogen) atoms. The number of hydrogen-bond donors (Lipinski definition) is 2. The number of para-hydroxylation sites is 2. The summed E-state index contributed by atoms with van der Waals surface area (Å²) in [7, 11) is 0. The van der Waals surface area contributed by atoms with Gasteiger partial charge in [0, 0.05) is 16.2 Å². The number of halogens is 3. The molecular formula is C21H15BrF2N2O3. The second kappa shape index (κ2) is 9.29. The first kappa shape index (κ1) is 20.5. The number of carbonyl (C=O) groups excluding carboxylic acids is 2. The molecule has 3 aromatic carbocycles. The SMILES string of the molecule is O=C(COc1ccccc1C(=O)Nc1ccccc1)Nc1c(F)cc(F)cc1Br. The van der Waals surface area contributed by atoms with Gasteiger partial charge in [-0.2, -0.15) is 0 Å². The van der Waals surface area contributed by atoms with Gasteiger partial charge in [-0.25, -0.2) is 8.78 Å². The summed E-state index contributed by atoms with van der Waals surface area (Å²) >= 11 is 3.00. The summed E-state index contributed by atoms with van der Waals surface area (Å²) in [6.07, 6.45) is 0. The van der Waals surface area contributed by atoms with E-state index in [1.165, 1.54) is 0 Å². The summed E-state index contributed by atoms with van der Waals surface area (Å²) in [6.45, 7) is -0.473. The largest absolute Gasteiger partial charge is 0.483 e. The maximum absolute atomic E-state index is 13.8. The third-order valence-electron chi connectivity index (χ3n) is 3.79. The lowest BCUT2D eigenvalue weighted by molar-refractivity contribution is -0.118. The molecule has 3 aromatic rings. The smallest absolute Gasteiger partial charge is 0.262 e. The summed E-state index contributed by atoms with van der Waals surface area (Å²) in [4.78, 5) is 24.6. The van der Waals surface area contributed by atoms with Gasteiger partial charge in [0.1, 0.15) is 11.6 Å². The van der Waals surface area contributed by atoms with Crippen LogP contribution in [0.2, 0.25) is 0 Å². The predicted octanol–water partition coefficient (Wildman–Crippen LogP) is 5.00. The molecule has 0 aromatic heterocycles. The monoisotopic (exact) mass is 460 g/mol. The van der Waals surface area contributed by atoms with E-state index in [4.69, 9.17) is 4.74 Å². The van der Waals surface area contributed by atoms with Crippen LogP contribution in [0, 0.1) is 11.6 Å². The summed E-state index contributed by atoms with van der Waals surface area (Å²) < 4.78 is 32.5. The average molecular weight is 461 g/mol. The molecule has 2 N–H and O–H groups in total. The molecular weight excluding hydrogens is 446 g/mol. The molecule has 0 unspecified atom stereocenters. The van der Waals surface area contributed by atoms with Gasteiger partial charge >= 0.3 is 0 Å². The number of anilines is 2. The lowest BCUT2D eigenvalue weighted by Gasteiger charge is -2.13. The Hall–Kier alpha value is -3.26. The first-order chi connectivity index (χ1) is 13.9. The van der Waals surface area contributed by atoms with E-state index < -0.39 is 30.1 Å². The van der Waals surface area contributed by atoms with Gasteiger partial charge < -0.3 is 15.4 Å². The van der Waals surface area contributed by atoms with Crippen molar-refractivity contribution < 1.29 is 23.1 Å². The molecule has 0 atom stereocenters. The zero-order valence-corrected chi connectivity index (χ0v) is 16.5. The van der Waals surface area contributed by atoms with Gasteiger partial charge in [-0.05, 0) is 46.3 Å². The molecule has 0 aliphatic rings. The van der Waals surface area contributed by atoms with Crippen LogP contribution in [-0.4, -0.2) is 18.4 Å². The van der Waals surface area contributed by atoms with Crippen molar-refractivity contribution in [3.8, 4) is 5.75 Å². The third kappa shape index (κ3) is 5.39. The molecule has 0 fully saturated rings. The van der Waals surface area contributed by atoms with Crippen LogP contribution in [0.3, 0.4) is 0 Å². The second-order valence-electron chi connectivity index (χ2n) is 5.90. The molecule has 0 radical (unpaired) electrons. The summed E-state index contributed by atoms with van der Waals surface area (Å²) in [6, 6.07) is 17.0. The van der Waals surface area contributed by atoms with Crippen molar-refractivity contribution in [2.75, 3.05) is 17.2 Å². The number of amides is 2. The first-order valence-electron chi connectivity index (χ1n) is 8.46. The lowest BCUT2D eigenvalue weighted by Crippen LogP contribution is -2.22. The second-order valence-corrected chi connectivity index (χ2v) is 6.75. The van der Waals surface area contributed by atoms with Crippen molar-refractivity contribution in [3.63, 3.8) is 0 Å². The molecule has 0 heterocycles. The van der Waals surface area contributed by atoms with E-state index in [1.807, 2.05) is 6.07 Å². The minimum atomic E-state index is -0.923. The van der Waals surface area contributed by atoms with E-state index in [9.17, 15) is 18.4 Å². The van der Waals surface area contributed by atoms with E-state index in [0.29, 0.717) is 11.8 Å². The highest BCUT2D eigenvalue weighted by atomic mass is 79.9. The maximum Gasteiger partial charge on any atom is 0.262 e. The van der Waals surface area contributed by atoms with E-state index >= 15 is 0 Å². The number of rotatable bonds is 6. The Bertz CT molecular complexity index is 1020. The summed E-state index contributed by atoms with van der Waals surface area (Å²) in [5.41, 5.74) is 0.648. The van der Waals surface area contributed by atoms with Crippen molar-refractivity contribution in [3.05, 3.63) is 88.4 Å². The van der Waals surface area contributed by atoms with Gasteiger partial charge in [0.15, 0.2) is 12.4 Å². The standard InChI is InChI=1S/C21H15BrF2N2O3/c22-16-10-13(23)11-17(24)20(16)26-19(27)12-29-18-9-5-4-8-15(18)21(28)25-14-6-2-1-3-7-14/h1-11H,12H2,(H,25,28)(H,26,27). The van der Waals surface area contributed by atoms with Crippen LogP contribution in [0.25, 0.3) is 0 Å². The zero-order chi connectivity index (χ0) is 20.8. The van der Waals surface area contributed by atoms with E-state index in [-0.39, 0.29) is 21.5 Å². The highest BCUT2D eigenvalue weighted by Gasteiger charge is 2.16. The van der Waals surface area contributed by atoms with Gasteiger partial charge in [-0.1, -0.05) is 30.3 Å². The van der Waals surface area contributed by atoms with Gasteiger partial charge in [0.05, 0.1) is 11.3 Å². The fourth-order valence-electron chi connectivity index (χ4n) is 2.48. The highest BCUT2D eigenvalue weighted by Crippen LogP contribution is 2.27. The molecule has 148 valence electrons. The van der Waals surface area contributed by atoms with Crippen molar-refractivity contribution in [2.45, 2.75) is 0 Å². The Morgan fingerprint density at radius 2 is 1.62 bits per heavy atom. The molecule has 0 spiro atoms. The Kier molecular flexibility index (Phi) is 6.56. The van der Waals surface area contributed by atoms with Gasteiger partial charge in [-0.3, -0.25) is 9.59 Å². The van der Waals surface area contributed by atoms with Crippen molar-refractivity contribution in [1.82, 2.24) is 0 Å². The first-order valence-corrected chi connectivity index (χ1v) is 9.26. The Morgan fingerprint density at radius 3 is 2.34 bits per heavy atom. The van der Waals surface area contributed by atoms with E-state index in [2.05, 4.69) is 26.6 Å². The fourth-order valence-corrected chi connectivity index (χ4v) is 2.99. The molecule has 2 amide bonds.